The van der Waals surface area contributed by atoms with Crippen molar-refractivity contribution < 1.29 is 39.1 Å². The van der Waals surface area contributed by atoms with E-state index < -0.39 is 65.4 Å². The summed E-state index contributed by atoms with van der Waals surface area (Å²) in [6.07, 6.45) is -3.76. The van der Waals surface area contributed by atoms with Crippen LogP contribution >= 0.6 is 0 Å². The Bertz CT molecular complexity index is 641. The SMILES string of the molecule is CC[C@H]1OC(=O)[C@H](C)[C@@H](O)[C@H](C)[C@@H](O)[C@](C)(OC)C[C@@H](C)NC(=O)[C@@H](C)[C@@H](OC)[C@]1(C)O. The number of esters is 1. The number of hydrogen-bond acceptors (Lipinski definition) is 8. The third-order valence-electron chi connectivity index (χ3n) is 7.09. The van der Waals surface area contributed by atoms with Crippen LogP contribution in [-0.2, 0) is 23.8 Å². The van der Waals surface area contributed by atoms with E-state index in [-0.39, 0.29) is 18.7 Å². The minimum atomic E-state index is -1.67. The number of rotatable bonds is 3. The van der Waals surface area contributed by atoms with E-state index in [4.69, 9.17) is 14.2 Å². The molecule has 0 unspecified atom stereocenters. The summed E-state index contributed by atoms with van der Waals surface area (Å²) in [7, 11) is 2.84. The van der Waals surface area contributed by atoms with Crippen molar-refractivity contribution in [2.45, 2.75) is 103 Å². The molecule has 9 heteroatoms. The molecular weight excluding hydrogens is 418 g/mol. The van der Waals surface area contributed by atoms with E-state index in [9.17, 15) is 24.9 Å². The van der Waals surface area contributed by atoms with Crippen LogP contribution in [0, 0.1) is 17.8 Å². The van der Waals surface area contributed by atoms with Gasteiger partial charge in [-0.15, -0.1) is 0 Å². The predicted molar refractivity (Wildman–Crippen MR) is 119 cm³/mol. The van der Waals surface area contributed by atoms with Crippen molar-refractivity contribution in [1.82, 2.24) is 5.32 Å². The molecule has 1 amide bonds. The molecule has 1 heterocycles. The van der Waals surface area contributed by atoms with Crippen LogP contribution in [-0.4, -0.2) is 83.1 Å². The number of carbonyl (C=O) groups excluding carboxylic acids is 2. The molecule has 0 bridgehead atoms. The number of aliphatic hydroxyl groups excluding tert-OH is 2. The minimum Gasteiger partial charge on any atom is -0.459 e. The summed E-state index contributed by atoms with van der Waals surface area (Å²) in [5, 5.41) is 36.1. The van der Waals surface area contributed by atoms with Crippen LogP contribution in [0.25, 0.3) is 0 Å². The number of methoxy groups -OCH3 is 2. The van der Waals surface area contributed by atoms with Crippen molar-refractivity contribution in [3.8, 4) is 0 Å². The van der Waals surface area contributed by atoms with Gasteiger partial charge in [-0.3, -0.25) is 9.59 Å². The molecule has 10 atom stereocenters. The van der Waals surface area contributed by atoms with Gasteiger partial charge in [0.1, 0.15) is 17.8 Å². The quantitative estimate of drug-likeness (QED) is 0.458. The van der Waals surface area contributed by atoms with E-state index in [1.165, 1.54) is 28.1 Å². The number of ether oxygens (including phenoxy) is 3. The monoisotopic (exact) mass is 461 g/mol. The fourth-order valence-electron chi connectivity index (χ4n) is 4.83. The Kier molecular flexibility index (Phi) is 10.1. The van der Waals surface area contributed by atoms with Gasteiger partial charge in [-0.2, -0.15) is 0 Å². The fourth-order valence-corrected chi connectivity index (χ4v) is 4.83. The molecule has 1 aliphatic heterocycles. The van der Waals surface area contributed by atoms with E-state index in [1.54, 1.807) is 34.6 Å². The van der Waals surface area contributed by atoms with Gasteiger partial charge in [-0.25, -0.2) is 0 Å². The van der Waals surface area contributed by atoms with Gasteiger partial charge in [0.2, 0.25) is 5.91 Å². The summed E-state index contributed by atoms with van der Waals surface area (Å²) in [4.78, 5) is 25.8. The van der Waals surface area contributed by atoms with Crippen LogP contribution in [0.4, 0.5) is 0 Å². The highest BCUT2D eigenvalue weighted by atomic mass is 16.6. The molecule has 1 rings (SSSR count). The Labute approximate surface area is 191 Å². The van der Waals surface area contributed by atoms with Crippen LogP contribution in [0.15, 0.2) is 0 Å². The summed E-state index contributed by atoms with van der Waals surface area (Å²) >= 11 is 0. The van der Waals surface area contributed by atoms with Gasteiger partial charge in [0.25, 0.3) is 0 Å². The summed E-state index contributed by atoms with van der Waals surface area (Å²) in [6.45, 7) is 11.5. The Hall–Kier alpha value is -1.26. The highest BCUT2D eigenvalue weighted by molar-refractivity contribution is 5.79. The maximum Gasteiger partial charge on any atom is 0.311 e. The summed E-state index contributed by atoms with van der Waals surface area (Å²) in [6, 6.07) is -0.390. The second-order valence-electron chi connectivity index (χ2n) is 9.72. The number of carbonyl (C=O) groups is 2. The smallest absolute Gasteiger partial charge is 0.311 e. The number of nitrogens with one attached hydrogen (secondary N) is 1. The Balaban J connectivity index is 3.48. The van der Waals surface area contributed by atoms with Gasteiger partial charge < -0.3 is 34.8 Å². The molecule has 0 aromatic carbocycles. The molecule has 0 aliphatic carbocycles. The largest absolute Gasteiger partial charge is 0.459 e. The first-order valence-electron chi connectivity index (χ1n) is 11.3. The van der Waals surface area contributed by atoms with Crippen molar-refractivity contribution in [3.05, 3.63) is 0 Å². The Morgan fingerprint density at radius 1 is 1.09 bits per heavy atom. The Morgan fingerprint density at radius 3 is 2.12 bits per heavy atom. The second-order valence-corrected chi connectivity index (χ2v) is 9.72. The maximum absolute atomic E-state index is 13.0. The van der Waals surface area contributed by atoms with Crippen LogP contribution in [0.1, 0.15) is 61.3 Å². The highest BCUT2D eigenvalue weighted by Crippen LogP contribution is 2.33. The van der Waals surface area contributed by atoms with Crippen molar-refractivity contribution in [2.75, 3.05) is 14.2 Å². The third-order valence-corrected chi connectivity index (χ3v) is 7.09. The minimum absolute atomic E-state index is 0.255. The zero-order valence-corrected chi connectivity index (χ0v) is 20.9. The van der Waals surface area contributed by atoms with Crippen LogP contribution in [0.2, 0.25) is 0 Å². The normalized spacial score (nSPS) is 45.4. The van der Waals surface area contributed by atoms with Gasteiger partial charge in [-0.05, 0) is 40.5 Å². The summed E-state index contributed by atoms with van der Waals surface area (Å²) < 4.78 is 16.7. The van der Waals surface area contributed by atoms with Gasteiger partial charge >= 0.3 is 5.97 Å². The summed E-state index contributed by atoms with van der Waals surface area (Å²) in [5.74, 6) is -3.53. The van der Waals surface area contributed by atoms with Crippen LogP contribution < -0.4 is 5.32 Å². The molecule has 32 heavy (non-hydrogen) atoms. The standard InChI is InChI=1S/C23H43NO8/c1-10-16-23(7,29)19(30-8)15(5)20(27)24-12(2)11-22(6,31-9)18(26)13(3)17(25)14(4)21(28)32-16/h12-19,25-26,29H,10-11H2,1-9H3,(H,24,27)/t12-,13+,14-,15+,16-,17+,18-,19-,22-,23-/m1/s1. The molecule has 0 radical (unpaired) electrons. The lowest BCUT2D eigenvalue weighted by molar-refractivity contribution is -0.197. The van der Waals surface area contributed by atoms with Gasteiger partial charge in [0.05, 0.1) is 29.6 Å². The molecule has 9 nitrogen and oxygen atoms in total. The molecule has 0 spiro atoms. The van der Waals surface area contributed by atoms with Gasteiger partial charge in [0.15, 0.2) is 0 Å². The second kappa shape index (κ2) is 11.2. The lowest BCUT2D eigenvalue weighted by Gasteiger charge is -2.40. The first-order valence-corrected chi connectivity index (χ1v) is 11.3. The van der Waals surface area contributed by atoms with Gasteiger partial charge in [-0.1, -0.05) is 20.8 Å². The van der Waals surface area contributed by atoms with Crippen LogP contribution in [0.5, 0.6) is 0 Å². The zero-order valence-electron chi connectivity index (χ0n) is 20.9. The van der Waals surface area contributed by atoms with Gasteiger partial charge in [0, 0.05) is 26.2 Å². The maximum atomic E-state index is 13.0. The molecule has 188 valence electrons. The summed E-state index contributed by atoms with van der Waals surface area (Å²) in [5.41, 5.74) is -2.77. The third kappa shape index (κ3) is 5.99. The van der Waals surface area contributed by atoms with E-state index in [2.05, 4.69) is 5.32 Å². The highest BCUT2D eigenvalue weighted by Gasteiger charge is 2.48. The number of amides is 1. The molecule has 1 aliphatic rings. The fraction of sp³-hybridized carbons (Fsp3) is 0.913. The molecule has 0 saturated carbocycles. The number of hydrogen-bond donors (Lipinski definition) is 4. The average Bonchev–Trinajstić information content (AvgIpc) is 2.74. The predicted octanol–water partition coefficient (Wildman–Crippen LogP) is 1.02. The number of cyclic esters (lactones) is 1. The molecule has 0 aromatic rings. The molecule has 0 aromatic heterocycles. The van der Waals surface area contributed by atoms with E-state index in [0.29, 0.717) is 0 Å². The van der Waals surface area contributed by atoms with E-state index >= 15 is 0 Å². The first-order chi connectivity index (χ1) is 14.7. The topological polar surface area (TPSA) is 135 Å². The van der Waals surface area contributed by atoms with Crippen molar-refractivity contribution >= 4 is 11.9 Å². The first kappa shape index (κ1) is 28.8. The number of aliphatic hydroxyl groups is 3. The molecule has 1 fully saturated rings. The van der Waals surface area contributed by atoms with Crippen molar-refractivity contribution in [2.24, 2.45) is 17.8 Å². The zero-order chi connectivity index (χ0) is 25.0. The lowest BCUT2D eigenvalue weighted by Crippen LogP contribution is -2.57. The Morgan fingerprint density at radius 2 is 1.66 bits per heavy atom. The molecule has 4 N–H and O–H groups in total. The average molecular weight is 462 g/mol. The van der Waals surface area contributed by atoms with Crippen molar-refractivity contribution in [3.63, 3.8) is 0 Å². The van der Waals surface area contributed by atoms with E-state index in [1.807, 2.05) is 0 Å². The van der Waals surface area contributed by atoms with Crippen LogP contribution in [0.3, 0.4) is 0 Å². The lowest BCUT2D eigenvalue weighted by atomic mass is 9.79. The molecule has 1 saturated heterocycles. The molecular formula is C23H43NO8. The van der Waals surface area contributed by atoms with E-state index in [0.717, 1.165) is 0 Å². The van der Waals surface area contributed by atoms with Crippen molar-refractivity contribution in [1.29, 1.82) is 0 Å².